The normalized spacial score (nSPS) is 12.8. The van der Waals surface area contributed by atoms with Gasteiger partial charge in [0.05, 0.1) is 9.90 Å². The second kappa shape index (κ2) is 4.77. The fraction of sp³-hybridized carbons (Fsp3) is 0.500. The molecular weight excluding hydrogens is 204 g/mol. The minimum atomic E-state index is 0.175. The molecule has 3 heteroatoms. The van der Waals surface area contributed by atoms with Crippen LogP contribution in [-0.2, 0) is 0 Å². The summed E-state index contributed by atoms with van der Waals surface area (Å²) in [6, 6.07) is 1.77. The third-order valence-electron chi connectivity index (χ3n) is 2.10. The van der Waals surface area contributed by atoms with Crippen molar-refractivity contribution < 1.29 is 4.79 Å². The minimum absolute atomic E-state index is 0.175. The highest BCUT2D eigenvalue weighted by atomic mass is 35.5. The van der Waals surface area contributed by atoms with Gasteiger partial charge in [-0.2, -0.15) is 0 Å². The van der Waals surface area contributed by atoms with Gasteiger partial charge < -0.3 is 0 Å². The number of carbonyl (C=O) groups is 1. The summed E-state index contributed by atoms with van der Waals surface area (Å²) in [5.74, 6) is 0.625. The van der Waals surface area contributed by atoms with Crippen LogP contribution in [0.25, 0.3) is 0 Å². The smallest absolute Gasteiger partial charge is 0.174 e. The second-order valence-corrected chi connectivity index (χ2v) is 4.56. The van der Waals surface area contributed by atoms with Crippen molar-refractivity contribution in [1.82, 2.24) is 0 Å². The Hall–Kier alpha value is -0.340. The van der Waals surface area contributed by atoms with Crippen LogP contribution in [0.15, 0.2) is 11.4 Å². The van der Waals surface area contributed by atoms with E-state index < -0.39 is 0 Å². The fourth-order valence-electron chi connectivity index (χ4n) is 1.05. The van der Waals surface area contributed by atoms with Gasteiger partial charge in [0.2, 0.25) is 0 Å². The van der Waals surface area contributed by atoms with Crippen molar-refractivity contribution in [3.05, 3.63) is 21.3 Å². The van der Waals surface area contributed by atoms with Crippen molar-refractivity contribution in [1.29, 1.82) is 0 Å². The molecule has 1 unspecified atom stereocenters. The number of Topliss-reactive ketones (excluding diaryl/α,β-unsaturated/α-hetero) is 1. The number of thiophene rings is 1. The lowest BCUT2D eigenvalue weighted by Crippen LogP contribution is -2.03. The van der Waals surface area contributed by atoms with Gasteiger partial charge in [-0.1, -0.05) is 31.9 Å². The zero-order valence-electron chi connectivity index (χ0n) is 7.84. The molecule has 0 N–H and O–H groups in total. The Morgan fingerprint density at radius 3 is 2.85 bits per heavy atom. The molecule has 1 nitrogen and oxygen atoms in total. The first kappa shape index (κ1) is 10.7. The van der Waals surface area contributed by atoms with E-state index >= 15 is 0 Å². The van der Waals surface area contributed by atoms with Crippen molar-refractivity contribution in [2.45, 2.75) is 26.7 Å². The maximum atomic E-state index is 11.6. The molecule has 0 aliphatic heterocycles. The van der Waals surface area contributed by atoms with Crippen LogP contribution in [0.2, 0.25) is 5.02 Å². The van der Waals surface area contributed by atoms with Gasteiger partial charge in [-0.05, 0) is 17.4 Å². The van der Waals surface area contributed by atoms with Crippen LogP contribution in [0.1, 0.15) is 36.4 Å². The number of halogens is 1. The van der Waals surface area contributed by atoms with E-state index in [4.69, 9.17) is 11.6 Å². The van der Waals surface area contributed by atoms with Crippen LogP contribution >= 0.6 is 22.9 Å². The molecule has 0 aliphatic carbocycles. The maximum absolute atomic E-state index is 11.6. The van der Waals surface area contributed by atoms with E-state index in [-0.39, 0.29) is 5.78 Å². The van der Waals surface area contributed by atoms with Crippen LogP contribution in [-0.4, -0.2) is 5.78 Å². The number of rotatable bonds is 4. The molecule has 1 rings (SSSR count). The average molecular weight is 217 g/mol. The number of carbonyl (C=O) groups excluding carboxylic acids is 1. The van der Waals surface area contributed by atoms with E-state index in [1.165, 1.54) is 11.3 Å². The Morgan fingerprint density at radius 2 is 2.38 bits per heavy atom. The van der Waals surface area contributed by atoms with E-state index in [1.54, 1.807) is 6.07 Å². The second-order valence-electron chi connectivity index (χ2n) is 3.24. The van der Waals surface area contributed by atoms with E-state index in [0.29, 0.717) is 22.2 Å². The summed E-state index contributed by atoms with van der Waals surface area (Å²) in [6.07, 6.45) is 1.64. The first-order chi connectivity index (χ1) is 6.15. The molecule has 0 aromatic carbocycles. The molecule has 0 amide bonds. The molecule has 0 saturated heterocycles. The summed E-state index contributed by atoms with van der Waals surface area (Å²) in [5, 5.41) is 2.45. The quantitative estimate of drug-likeness (QED) is 0.695. The Kier molecular flexibility index (Phi) is 3.94. The number of hydrogen-bond donors (Lipinski definition) is 0. The molecule has 0 saturated carbocycles. The highest BCUT2D eigenvalue weighted by Gasteiger charge is 2.14. The van der Waals surface area contributed by atoms with Gasteiger partial charge in [0.1, 0.15) is 0 Å². The molecule has 1 aromatic heterocycles. The van der Waals surface area contributed by atoms with Gasteiger partial charge in [0.25, 0.3) is 0 Å². The third kappa shape index (κ3) is 2.82. The van der Waals surface area contributed by atoms with Crippen LogP contribution < -0.4 is 0 Å². The van der Waals surface area contributed by atoms with Crippen molar-refractivity contribution in [2.24, 2.45) is 5.92 Å². The van der Waals surface area contributed by atoms with Gasteiger partial charge in [0.15, 0.2) is 5.78 Å². The Balaban J connectivity index is 2.64. The summed E-state index contributed by atoms with van der Waals surface area (Å²) >= 11 is 7.28. The van der Waals surface area contributed by atoms with Crippen molar-refractivity contribution in [3.8, 4) is 0 Å². The number of ketones is 1. The first-order valence-corrected chi connectivity index (χ1v) is 5.67. The van der Waals surface area contributed by atoms with Crippen molar-refractivity contribution in [2.75, 3.05) is 0 Å². The molecule has 0 fully saturated rings. The largest absolute Gasteiger partial charge is 0.293 e. The SMILES string of the molecule is CCC(C)CC(=O)c1sccc1Cl. The molecule has 1 heterocycles. The van der Waals surface area contributed by atoms with Crippen LogP contribution in [0.3, 0.4) is 0 Å². The van der Waals surface area contributed by atoms with Crippen LogP contribution in [0, 0.1) is 5.92 Å². The lowest BCUT2D eigenvalue weighted by atomic mass is 10.0. The molecule has 0 bridgehead atoms. The predicted octanol–water partition coefficient (Wildman–Crippen LogP) is 4.02. The number of hydrogen-bond acceptors (Lipinski definition) is 2. The zero-order valence-corrected chi connectivity index (χ0v) is 9.41. The Labute approximate surface area is 87.7 Å². The maximum Gasteiger partial charge on any atom is 0.174 e. The van der Waals surface area contributed by atoms with Gasteiger partial charge in [-0.3, -0.25) is 4.79 Å². The van der Waals surface area contributed by atoms with Gasteiger partial charge in [-0.25, -0.2) is 0 Å². The van der Waals surface area contributed by atoms with Crippen LogP contribution in [0.5, 0.6) is 0 Å². The van der Waals surface area contributed by atoms with Crippen molar-refractivity contribution >= 4 is 28.7 Å². The molecule has 0 aliphatic rings. The molecule has 1 aromatic rings. The highest BCUT2D eigenvalue weighted by molar-refractivity contribution is 7.12. The monoisotopic (exact) mass is 216 g/mol. The molecule has 13 heavy (non-hydrogen) atoms. The fourth-order valence-corrected chi connectivity index (χ4v) is 2.16. The molecule has 0 radical (unpaired) electrons. The average Bonchev–Trinajstić information content (AvgIpc) is 2.51. The summed E-state index contributed by atoms with van der Waals surface area (Å²) in [5.41, 5.74) is 0. The topological polar surface area (TPSA) is 17.1 Å². The summed E-state index contributed by atoms with van der Waals surface area (Å²) < 4.78 is 0. The van der Waals surface area contributed by atoms with Crippen molar-refractivity contribution in [3.63, 3.8) is 0 Å². The van der Waals surface area contributed by atoms with Gasteiger partial charge >= 0.3 is 0 Å². The first-order valence-electron chi connectivity index (χ1n) is 4.41. The third-order valence-corrected chi connectivity index (χ3v) is 3.48. The van der Waals surface area contributed by atoms with E-state index in [1.807, 2.05) is 5.38 Å². The summed E-state index contributed by atoms with van der Waals surface area (Å²) in [7, 11) is 0. The lowest BCUT2D eigenvalue weighted by Gasteiger charge is -2.05. The van der Waals surface area contributed by atoms with E-state index in [9.17, 15) is 4.79 Å². The standard InChI is InChI=1S/C10H13ClOS/c1-3-7(2)6-9(12)10-8(11)4-5-13-10/h4-5,7H,3,6H2,1-2H3. The highest BCUT2D eigenvalue weighted by Crippen LogP contribution is 2.25. The molecule has 0 spiro atoms. The lowest BCUT2D eigenvalue weighted by molar-refractivity contribution is 0.0968. The molecule has 1 atom stereocenters. The summed E-state index contributed by atoms with van der Waals surface area (Å²) in [4.78, 5) is 12.3. The Bertz CT molecular complexity index is 293. The summed E-state index contributed by atoms with van der Waals surface area (Å²) in [6.45, 7) is 4.17. The van der Waals surface area contributed by atoms with Gasteiger partial charge in [0, 0.05) is 6.42 Å². The molecular formula is C10H13ClOS. The molecule has 72 valence electrons. The minimum Gasteiger partial charge on any atom is -0.293 e. The van der Waals surface area contributed by atoms with E-state index in [2.05, 4.69) is 13.8 Å². The van der Waals surface area contributed by atoms with Crippen LogP contribution in [0.4, 0.5) is 0 Å². The van der Waals surface area contributed by atoms with Gasteiger partial charge in [-0.15, -0.1) is 11.3 Å². The predicted molar refractivity (Wildman–Crippen MR) is 57.7 cm³/mol. The Morgan fingerprint density at radius 1 is 1.69 bits per heavy atom. The zero-order chi connectivity index (χ0) is 9.84. The van der Waals surface area contributed by atoms with E-state index in [0.717, 1.165) is 6.42 Å².